The van der Waals surface area contributed by atoms with Gasteiger partial charge in [0.05, 0.1) is 0 Å². The van der Waals surface area contributed by atoms with Crippen molar-refractivity contribution in [2.75, 3.05) is 11.4 Å². The molecule has 2 heterocycles. The minimum Gasteiger partial charge on any atom is -0.326 e. The van der Waals surface area contributed by atoms with Gasteiger partial charge in [0, 0.05) is 30.5 Å². The fraction of sp³-hybridized carbons (Fsp3) is 0.214. The monoisotopic (exact) mass is 225 g/mol. The zero-order valence-electron chi connectivity index (χ0n) is 9.63. The molecule has 3 rings (SSSR count). The lowest BCUT2D eigenvalue weighted by Crippen LogP contribution is -2.17. The molecule has 86 valence electrons. The van der Waals surface area contributed by atoms with Gasteiger partial charge < -0.3 is 10.6 Å². The Morgan fingerprint density at radius 2 is 2.06 bits per heavy atom. The first-order chi connectivity index (χ1) is 8.40. The maximum absolute atomic E-state index is 5.77. The summed E-state index contributed by atoms with van der Waals surface area (Å²) in [6, 6.07) is 12.5. The van der Waals surface area contributed by atoms with Crippen molar-refractivity contribution >= 4 is 11.5 Å². The molecular weight excluding hydrogens is 210 g/mol. The molecule has 1 aromatic carbocycles. The van der Waals surface area contributed by atoms with E-state index in [0.29, 0.717) is 6.54 Å². The number of aromatic nitrogens is 1. The molecule has 0 saturated heterocycles. The van der Waals surface area contributed by atoms with Crippen LogP contribution in [0.2, 0.25) is 0 Å². The van der Waals surface area contributed by atoms with Crippen LogP contribution in [0.15, 0.2) is 42.6 Å². The summed E-state index contributed by atoms with van der Waals surface area (Å²) in [5.41, 5.74) is 9.53. The number of pyridine rings is 1. The minimum absolute atomic E-state index is 0.530. The lowest BCUT2D eigenvalue weighted by molar-refractivity contribution is 0.942. The second-order valence-corrected chi connectivity index (χ2v) is 4.22. The van der Waals surface area contributed by atoms with Gasteiger partial charge in [0.2, 0.25) is 0 Å². The highest BCUT2D eigenvalue weighted by Gasteiger charge is 2.22. The Hall–Kier alpha value is -1.87. The van der Waals surface area contributed by atoms with Crippen LogP contribution in [-0.4, -0.2) is 11.5 Å². The molecule has 1 aliphatic rings. The summed E-state index contributed by atoms with van der Waals surface area (Å²) >= 11 is 0. The lowest BCUT2D eigenvalue weighted by atomic mass is 10.2. The molecule has 17 heavy (non-hydrogen) atoms. The fourth-order valence-electron chi connectivity index (χ4n) is 2.39. The molecule has 3 heteroatoms. The number of fused-ring (bicyclic) bond motifs is 1. The summed E-state index contributed by atoms with van der Waals surface area (Å²) < 4.78 is 0. The predicted molar refractivity (Wildman–Crippen MR) is 69.3 cm³/mol. The van der Waals surface area contributed by atoms with Crippen molar-refractivity contribution in [1.29, 1.82) is 0 Å². The van der Waals surface area contributed by atoms with Gasteiger partial charge in [0.1, 0.15) is 5.82 Å². The molecule has 2 N–H and O–H groups in total. The van der Waals surface area contributed by atoms with Crippen molar-refractivity contribution in [3.05, 3.63) is 53.7 Å². The first kappa shape index (κ1) is 10.3. The molecule has 0 amide bonds. The summed E-state index contributed by atoms with van der Waals surface area (Å²) in [6.45, 7) is 1.52. The highest BCUT2D eigenvalue weighted by atomic mass is 15.2. The average molecular weight is 225 g/mol. The highest BCUT2D eigenvalue weighted by Crippen LogP contribution is 2.34. The quantitative estimate of drug-likeness (QED) is 0.852. The van der Waals surface area contributed by atoms with Gasteiger partial charge in [-0.2, -0.15) is 0 Å². The van der Waals surface area contributed by atoms with Crippen LogP contribution in [0.25, 0.3) is 0 Å². The van der Waals surface area contributed by atoms with E-state index in [1.165, 1.54) is 11.3 Å². The molecule has 0 radical (unpaired) electrons. The molecule has 0 spiro atoms. The van der Waals surface area contributed by atoms with Crippen molar-refractivity contribution in [2.45, 2.75) is 13.0 Å². The lowest BCUT2D eigenvalue weighted by Gasteiger charge is -2.20. The van der Waals surface area contributed by atoms with Crippen LogP contribution in [0.3, 0.4) is 0 Å². The van der Waals surface area contributed by atoms with Crippen LogP contribution < -0.4 is 10.6 Å². The molecule has 0 bridgehead atoms. The smallest absolute Gasteiger partial charge is 0.137 e. The van der Waals surface area contributed by atoms with Crippen LogP contribution in [0.1, 0.15) is 11.1 Å². The van der Waals surface area contributed by atoms with Gasteiger partial charge >= 0.3 is 0 Å². The second-order valence-electron chi connectivity index (χ2n) is 4.22. The Morgan fingerprint density at radius 1 is 1.18 bits per heavy atom. The van der Waals surface area contributed by atoms with Crippen LogP contribution in [0.5, 0.6) is 0 Å². The van der Waals surface area contributed by atoms with Gasteiger partial charge in [0.15, 0.2) is 0 Å². The molecule has 0 atom stereocenters. The van der Waals surface area contributed by atoms with Crippen molar-refractivity contribution in [3.8, 4) is 0 Å². The summed E-state index contributed by atoms with van der Waals surface area (Å²) in [5.74, 6) is 1.000. The summed E-state index contributed by atoms with van der Waals surface area (Å²) in [7, 11) is 0. The third kappa shape index (κ3) is 1.68. The Labute approximate surface area is 101 Å². The molecule has 0 fully saturated rings. The Bertz CT molecular complexity index is 536. The van der Waals surface area contributed by atoms with E-state index in [4.69, 9.17) is 5.73 Å². The van der Waals surface area contributed by atoms with Crippen molar-refractivity contribution in [3.63, 3.8) is 0 Å². The Balaban J connectivity index is 2.07. The van der Waals surface area contributed by atoms with Gasteiger partial charge in [0.25, 0.3) is 0 Å². The third-order valence-electron chi connectivity index (χ3n) is 3.23. The first-order valence-electron chi connectivity index (χ1n) is 5.89. The minimum atomic E-state index is 0.530. The number of para-hydroxylation sites is 1. The number of hydrogen-bond acceptors (Lipinski definition) is 3. The van der Waals surface area contributed by atoms with Crippen molar-refractivity contribution in [1.82, 2.24) is 4.98 Å². The Morgan fingerprint density at radius 3 is 2.94 bits per heavy atom. The summed E-state index contributed by atoms with van der Waals surface area (Å²) in [4.78, 5) is 6.74. The maximum atomic E-state index is 5.77. The molecule has 0 saturated carbocycles. The zero-order chi connectivity index (χ0) is 11.7. The van der Waals surface area contributed by atoms with E-state index in [0.717, 1.165) is 24.3 Å². The standard InChI is InChI=1S/C14H15N3/c15-10-12-5-3-8-16-14(12)17-9-7-11-4-1-2-6-13(11)17/h1-6,8H,7,9-10,15H2. The van der Waals surface area contributed by atoms with E-state index in [2.05, 4.69) is 34.1 Å². The zero-order valence-corrected chi connectivity index (χ0v) is 9.63. The van der Waals surface area contributed by atoms with Gasteiger partial charge in [-0.3, -0.25) is 0 Å². The number of hydrogen-bond donors (Lipinski definition) is 1. The van der Waals surface area contributed by atoms with Crippen LogP contribution in [0, 0.1) is 0 Å². The van der Waals surface area contributed by atoms with Gasteiger partial charge in [-0.15, -0.1) is 0 Å². The topological polar surface area (TPSA) is 42.1 Å². The molecular formula is C14H15N3. The van der Waals surface area contributed by atoms with E-state index in [1.807, 2.05) is 18.3 Å². The Kier molecular flexibility index (Phi) is 2.53. The molecule has 2 aromatic rings. The van der Waals surface area contributed by atoms with Crippen LogP contribution in [-0.2, 0) is 13.0 Å². The van der Waals surface area contributed by atoms with Crippen molar-refractivity contribution in [2.24, 2.45) is 5.73 Å². The molecule has 3 nitrogen and oxygen atoms in total. The molecule has 1 aliphatic heterocycles. The van der Waals surface area contributed by atoms with Gasteiger partial charge in [-0.25, -0.2) is 4.98 Å². The summed E-state index contributed by atoms with van der Waals surface area (Å²) in [6.07, 6.45) is 2.91. The van der Waals surface area contributed by atoms with Crippen LogP contribution in [0.4, 0.5) is 11.5 Å². The average Bonchev–Trinajstić information content (AvgIpc) is 2.82. The SMILES string of the molecule is NCc1cccnc1N1CCc2ccccc21. The van der Waals surface area contributed by atoms with Gasteiger partial charge in [-0.1, -0.05) is 24.3 Å². The second kappa shape index (κ2) is 4.18. The molecule has 0 aliphatic carbocycles. The highest BCUT2D eigenvalue weighted by molar-refractivity contribution is 5.69. The third-order valence-corrected chi connectivity index (χ3v) is 3.23. The number of benzene rings is 1. The van der Waals surface area contributed by atoms with E-state index >= 15 is 0 Å². The number of nitrogens with two attached hydrogens (primary N) is 1. The fourth-order valence-corrected chi connectivity index (χ4v) is 2.39. The van der Waals surface area contributed by atoms with Gasteiger partial charge in [-0.05, 0) is 24.1 Å². The maximum Gasteiger partial charge on any atom is 0.137 e. The molecule has 1 aromatic heterocycles. The first-order valence-corrected chi connectivity index (χ1v) is 5.89. The summed E-state index contributed by atoms with van der Waals surface area (Å²) in [5, 5.41) is 0. The van der Waals surface area contributed by atoms with Crippen LogP contribution >= 0.6 is 0 Å². The normalized spacial score (nSPS) is 13.8. The number of rotatable bonds is 2. The van der Waals surface area contributed by atoms with Crippen molar-refractivity contribution < 1.29 is 0 Å². The number of nitrogens with zero attached hydrogens (tertiary/aromatic N) is 2. The largest absolute Gasteiger partial charge is 0.326 e. The predicted octanol–water partition coefficient (Wildman–Crippen LogP) is 2.23. The van der Waals surface area contributed by atoms with E-state index < -0.39 is 0 Å². The van der Waals surface area contributed by atoms with E-state index in [9.17, 15) is 0 Å². The number of anilines is 2. The molecule has 0 unspecified atom stereocenters. The van der Waals surface area contributed by atoms with E-state index in [-0.39, 0.29) is 0 Å². The van der Waals surface area contributed by atoms with E-state index in [1.54, 1.807) is 0 Å².